The molecule has 0 saturated carbocycles. The maximum absolute atomic E-state index is 13.8. The minimum absolute atomic E-state index is 0.273. The zero-order chi connectivity index (χ0) is 24.2. The van der Waals surface area contributed by atoms with E-state index in [0.717, 1.165) is 55.4 Å². The molecule has 4 heterocycles. The van der Waals surface area contributed by atoms with E-state index >= 15 is 0 Å². The Kier molecular flexibility index (Phi) is 7.12. The van der Waals surface area contributed by atoms with Crippen LogP contribution >= 0.6 is 11.8 Å². The number of amides is 1. The molecule has 0 aliphatic carbocycles. The SMILES string of the molecule is O=C1NC(O)C(=Cc2ccnc(N3CCC(CNCc4ccc(F)cc4-c4ccco4)CC3)n2)S1. The fourth-order valence-corrected chi connectivity index (χ4v) is 5.07. The van der Waals surface area contributed by atoms with Gasteiger partial charge in [-0.05, 0) is 79.0 Å². The van der Waals surface area contributed by atoms with E-state index in [1.54, 1.807) is 36.7 Å². The minimum atomic E-state index is -0.987. The van der Waals surface area contributed by atoms with Crippen molar-refractivity contribution in [3.8, 4) is 11.3 Å². The lowest BCUT2D eigenvalue weighted by Crippen LogP contribution is -2.38. The molecule has 2 aliphatic rings. The third-order valence-electron chi connectivity index (χ3n) is 6.19. The molecule has 3 N–H and O–H groups in total. The molecule has 1 amide bonds. The van der Waals surface area contributed by atoms with Gasteiger partial charge in [0.2, 0.25) is 5.95 Å². The lowest BCUT2D eigenvalue weighted by molar-refractivity contribution is 0.192. The summed E-state index contributed by atoms with van der Waals surface area (Å²) in [7, 11) is 0. The van der Waals surface area contributed by atoms with Crippen LogP contribution in [0.4, 0.5) is 15.1 Å². The average Bonchev–Trinajstić information content (AvgIpc) is 3.50. The van der Waals surface area contributed by atoms with Crippen molar-refractivity contribution in [3.63, 3.8) is 0 Å². The van der Waals surface area contributed by atoms with Crippen LogP contribution in [0, 0.1) is 11.7 Å². The predicted molar refractivity (Wildman–Crippen MR) is 133 cm³/mol. The molecule has 2 fully saturated rings. The van der Waals surface area contributed by atoms with Crippen molar-refractivity contribution in [2.75, 3.05) is 24.5 Å². The highest BCUT2D eigenvalue weighted by Crippen LogP contribution is 2.29. The topological polar surface area (TPSA) is 104 Å². The Balaban J connectivity index is 1.14. The number of carbonyl (C=O) groups is 1. The minimum Gasteiger partial charge on any atom is -0.464 e. The van der Waals surface area contributed by atoms with Gasteiger partial charge < -0.3 is 25.1 Å². The van der Waals surface area contributed by atoms with E-state index in [9.17, 15) is 14.3 Å². The molecular formula is C25H26FN5O3S. The summed E-state index contributed by atoms with van der Waals surface area (Å²) in [6, 6.07) is 10.2. The van der Waals surface area contributed by atoms with Crippen molar-refractivity contribution in [2.45, 2.75) is 25.6 Å². The van der Waals surface area contributed by atoms with E-state index in [-0.39, 0.29) is 11.1 Å². The summed E-state index contributed by atoms with van der Waals surface area (Å²) in [5.41, 5.74) is 2.43. The number of benzene rings is 1. The average molecular weight is 496 g/mol. The first-order valence-electron chi connectivity index (χ1n) is 11.5. The van der Waals surface area contributed by atoms with Crippen LogP contribution in [0.1, 0.15) is 24.1 Å². The van der Waals surface area contributed by atoms with Gasteiger partial charge in [0.25, 0.3) is 5.24 Å². The number of nitrogens with one attached hydrogen (secondary N) is 2. The zero-order valence-electron chi connectivity index (χ0n) is 19.0. The molecule has 0 spiro atoms. The standard InChI is InChI=1S/C25H26FN5O3S/c26-18-4-3-17(20(12-18)21-2-1-11-34-21)15-27-14-16-6-9-31(10-7-16)24-28-8-5-19(29-24)13-22-23(32)30-25(33)35-22/h1-5,8,11-13,16,23,27,32H,6-7,9-10,14-15H2,(H,30,33). The third-order valence-corrected chi connectivity index (χ3v) is 7.07. The van der Waals surface area contributed by atoms with E-state index in [1.807, 2.05) is 6.07 Å². The van der Waals surface area contributed by atoms with Gasteiger partial charge in [-0.25, -0.2) is 14.4 Å². The van der Waals surface area contributed by atoms with Crippen LogP contribution in [-0.2, 0) is 6.54 Å². The Bertz CT molecular complexity index is 1210. The number of piperidine rings is 1. The smallest absolute Gasteiger partial charge is 0.285 e. The third kappa shape index (κ3) is 5.72. The summed E-state index contributed by atoms with van der Waals surface area (Å²) in [5, 5.41) is 15.6. The van der Waals surface area contributed by atoms with Crippen molar-refractivity contribution >= 4 is 29.0 Å². The fraction of sp³-hybridized carbons (Fsp3) is 0.320. The Morgan fingerprint density at radius 1 is 1.29 bits per heavy atom. The molecule has 3 aromatic rings. The van der Waals surface area contributed by atoms with Crippen molar-refractivity contribution in [3.05, 3.63) is 70.8 Å². The second-order valence-electron chi connectivity index (χ2n) is 8.60. The van der Waals surface area contributed by atoms with Gasteiger partial charge in [-0.15, -0.1) is 0 Å². The summed E-state index contributed by atoms with van der Waals surface area (Å²) < 4.78 is 19.3. The largest absolute Gasteiger partial charge is 0.464 e. The molecule has 1 unspecified atom stereocenters. The summed E-state index contributed by atoms with van der Waals surface area (Å²) in [6.45, 7) is 3.19. The molecule has 182 valence electrons. The number of furan rings is 1. The Morgan fingerprint density at radius 3 is 2.89 bits per heavy atom. The first-order chi connectivity index (χ1) is 17.0. The van der Waals surface area contributed by atoms with Gasteiger partial charge in [0.15, 0.2) is 6.23 Å². The van der Waals surface area contributed by atoms with E-state index < -0.39 is 6.23 Å². The number of aliphatic hydroxyl groups is 1. The van der Waals surface area contributed by atoms with Crippen LogP contribution in [0.5, 0.6) is 0 Å². The maximum atomic E-state index is 13.8. The molecule has 1 atom stereocenters. The number of hydrogen-bond acceptors (Lipinski definition) is 8. The number of aromatic nitrogens is 2. The first kappa shape index (κ1) is 23.5. The highest BCUT2D eigenvalue weighted by atomic mass is 32.2. The van der Waals surface area contributed by atoms with E-state index in [0.29, 0.717) is 34.8 Å². The van der Waals surface area contributed by atoms with E-state index in [4.69, 9.17) is 4.42 Å². The molecule has 10 heteroatoms. The number of halogens is 1. The summed E-state index contributed by atoms with van der Waals surface area (Å²) in [6.07, 6.45) is 6.02. The lowest BCUT2D eigenvalue weighted by atomic mass is 9.96. The van der Waals surface area contributed by atoms with Gasteiger partial charge in [-0.3, -0.25) is 4.79 Å². The number of aliphatic hydroxyl groups excluding tert-OH is 1. The molecule has 8 nitrogen and oxygen atoms in total. The van der Waals surface area contributed by atoms with Crippen LogP contribution in [0.25, 0.3) is 17.4 Å². The summed E-state index contributed by atoms with van der Waals surface area (Å²) >= 11 is 0.973. The van der Waals surface area contributed by atoms with Gasteiger partial charge in [0.05, 0.1) is 12.0 Å². The van der Waals surface area contributed by atoms with Gasteiger partial charge in [-0.2, -0.15) is 0 Å². The van der Waals surface area contributed by atoms with Crippen molar-refractivity contribution < 1.29 is 18.7 Å². The number of anilines is 1. The monoisotopic (exact) mass is 495 g/mol. The van der Waals surface area contributed by atoms with Gasteiger partial charge >= 0.3 is 0 Å². The van der Waals surface area contributed by atoms with Gasteiger partial charge in [-0.1, -0.05) is 6.07 Å². The zero-order valence-corrected chi connectivity index (χ0v) is 19.8. The number of rotatable bonds is 7. The van der Waals surface area contributed by atoms with Gasteiger partial charge in [0.1, 0.15) is 11.6 Å². The number of carbonyl (C=O) groups excluding carboxylic acids is 1. The normalized spacial score (nSPS) is 19.9. The van der Waals surface area contributed by atoms with Crippen molar-refractivity contribution in [1.82, 2.24) is 20.6 Å². The van der Waals surface area contributed by atoms with Crippen molar-refractivity contribution in [2.24, 2.45) is 5.92 Å². The van der Waals surface area contributed by atoms with Crippen LogP contribution < -0.4 is 15.5 Å². The lowest BCUT2D eigenvalue weighted by Gasteiger charge is -2.32. The highest BCUT2D eigenvalue weighted by molar-refractivity contribution is 8.17. The molecule has 2 aromatic heterocycles. The molecule has 0 radical (unpaired) electrons. The van der Waals surface area contributed by atoms with E-state index in [2.05, 4.69) is 25.5 Å². The van der Waals surface area contributed by atoms with Crippen LogP contribution in [0.2, 0.25) is 0 Å². The molecule has 1 aromatic carbocycles. The van der Waals surface area contributed by atoms with Crippen LogP contribution in [0.3, 0.4) is 0 Å². The molecule has 2 saturated heterocycles. The Hall–Kier alpha value is -3.21. The molecule has 2 aliphatic heterocycles. The Labute approximate surface area is 206 Å². The second-order valence-corrected chi connectivity index (χ2v) is 9.65. The second kappa shape index (κ2) is 10.6. The number of nitrogens with zero attached hydrogens (tertiary/aromatic N) is 3. The fourth-order valence-electron chi connectivity index (χ4n) is 4.34. The molecular weight excluding hydrogens is 469 g/mol. The van der Waals surface area contributed by atoms with Crippen molar-refractivity contribution in [1.29, 1.82) is 0 Å². The Morgan fingerprint density at radius 2 is 2.14 bits per heavy atom. The summed E-state index contributed by atoms with van der Waals surface area (Å²) in [5.74, 6) is 1.55. The first-order valence-corrected chi connectivity index (χ1v) is 12.4. The molecule has 0 bridgehead atoms. The number of hydrogen-bond donors (Lipinski definition) is 3. The number of thioether (sulfide) groups is 1. The molecule has 35 heavy (non-hydrogen) atoms. The molecule has 5 rings (SSSR count). The van der Waals surface area contributed by atoms with Gasteiger partial charge in [0, 0.05) is 36.3 Å². The predicted octanol–water partition coefficient (Wildman–Crippen LogP) is 4.00. The summed E-state index contributed by atoms with van der Waals surface area (Å²) in [4.78, 5) is 23.1. The quantitative estimate of drug-likeness (QED) is 0.452. The maximum Gasteiger partial charge on any atom is 0.285 e. The van der Waals surface area contributed by atoms with Crippen LogP contribution in [-0.4, -0.2) is 46.2 Å². The van der Waals surface area contributed by atoms with E-state index in [1.165, 1.54) is 12.1 Å². The van der Waals surface area contributed by atoms with Crippen LogP contribution in [0.15, 0.2) is 58.2 Å². The highest BCUT2D eigenvalue weighted by Gasteiger charge is 2.26.